The first-order valence-electron chi connectivity index (χ1n) is 12.9. The van der Waals surface area contributed by atoms with E-state index in [2.05, 4.69) is 84.7 Å². The van der Waals surface area contributed by atoms with E-state index in [0.29, 0.717) is 11.3 Å². The van der Waals surface area contributed by atoms with Gasteiger partial charge in [0.15, 0.2) is 0 Å². The number of unbranched alkanes of at least 4 members (excludes halogenated alkanes) is 2. The Labute approximate surface area is 226 Å². The zero-order valence-corrected chi connectivity index (χ0v) is 24.2. The number of aliphatic hydroxyl groups excluding tert-OH is 1. The van der Waals surface area contributed by atoms with Crippen LogP contribution in [0.5, 0.6) is 0 Å². The quantitative estimate of drug-likeness (QED) is 0.186. The third kappa shape index (κ3) is 6.40. The van der Waals surface area contributed by atoms with Gasteiger partial charge in [-0.2, -0.15) is 0 Å². The Morgan fingerprint density at radius 3 is 1.65 bits per heavy atom. The van der Waals surface area contributed by atoms with Gasteiger partial charge in [0.1, 0.15) is 0 Å². The molecule has 0 bridgehead atoms. The van der Waals surface area contributed by atoms with E-state index in [1.807, 2.05) is 49.4 Å². The number of aryl methyl sites for hydroxylation is 1. The second-order valence-electron chi connectivity index (χ2n) is 9.21. The zero-order valence-electron chi connectivity index (χ0n) is 21.6. The molecule has 4 heteroatoms. The van der Waals surface area contributed by atoms with Gasteiger partial charge in [0, 0.05) is 0 Å². The molecule has 0 aliphatic rings. The van der Waals surface area contributed by atoms with Crippen molar-refractivity contribution < 1.29 is 9.32 Å². The third-order valence-corrected chi connectivity index (χ3v) is 16.0. The fraction of sp³-hybridized carbons (Fsp3) is 0.212. The van der Waals surface area contributed by atoms with Gasteiger partial charge in [0.05, 0.1) is 0 Å². The van der Waals surface area contributed by atoms with Crippen molar-refractivity contribution in [3.63, 3.8) is 0 Å². The molecule has 0 spiro atoms. The van der Waals surface area contributed by atoms with Crippen LogP contribution in [-0.2, 0) is 10.8 Å². The van der Waals surface area contributed by atoms with Gasteiger partial charge < -0.3 is 0 Å². The standard InChI is InChI=1S/C33H36O2SSe/c1-3-4-8-21-32(34)33(36(35)28-24-22-27(2)23-25-28)26-37(29-15-9-5-10-16-29,30-17-11-6-12-18-30)31-19-13-7-14-20-31/h5-7,9-20,22-26,32,34H,3-4,8,21H2,1-2H3/b33-26+/t32-,36-/m0/s1. The summed E-state index contributed by atoms with van der Waals surface area (Å²) in [4.78, 5) is 3.59. The molecule has 0 fully saturated rings. The van der Waals surface area contributed by atoms with Gasteiger partial charge in [-0.3, -0.25) is 0 Å². The zero-order chi connectivity index (χ0) is 26.1. The minimum absolute atomic E-state index is 0.600. The first-order valence-corrected chi connectivity index (χ1v) is 17.6. The van der Waals surface area contributed by atoms with E-state index in [1.54, 1.807) is 0 Å². The maximum absolute atomic E-state index is 14.2. The molecule has 4 aromatic carbocycles. The van der Waals surface area contributed by atoms with E-state index in [9.17, 15) is 9.32 Å². The van der Waals surface area contributed by atoms with Crippen molar-refractivity contribution in [2.45, 2.75) is 50.5 Å². The Bertz CT molecular complexity index is 1210. The van der Waals surface area contributed by atoms with Gasteiger partial charge in [0.2, 0.25) is 0 Å². The predicted molar refractivity (Wildman–Crippen MR) is 160 cm³/mol. The van der Waals surface area contributed by atoms with Crippen LogP contribution in [0.25, 0.3) is 0 Å². The molecule has 4 aromatic rings. The summed E-state index contributed by atoms with van der Waals surface area (Å²) in [7, 11) is -1.48. The molecule has 0 aliphatic heterocycles. The van der Waals surface area contributed by atoms with Gasteiger partial charge >= 0.3 is 228 Å². The van der Waals surface area contributed by atoms with Crippen molar-refractivity contribution in [1.82, 2.24) is 0 Å². The van der Waals surface area contributed by atoms with Crippen LogP contribution in [0.15, 0.2) is 130 Å². The van der Waals surface area contributed by atoms with Crippen molar-refractivity contribution in [2.24, 2.45) is 0 Å². The number of benzene rings is 4. The summed E-state index contributed by atoms with van der Waals surface area (Å²) in [5.74, 6) is 0. The van der Waals surface area contributed by atoms with Crippen molar-refractivity contribution in [3.8, 4) is 0 Å². The third-order valence-electron chi connectivity index (χ3n) is 6.50. The fourth-order valence-corrected chi connectivity index (χ4v) is 14.2. The summed E-state index contributed by atoms with van der Waals surface area (Å²) in [6, 6.07) is 39.5. The molecule has 0 aromatic heterocycles. The first kappa shape index (κ1) is 27.3. The van der Waals surface area contributed by atoms with Crippen LogP contribution in [0.3, 0.4) is 0 Å². The van der Waals surface area contributed by atoms with E-state index in [-0.39, 0.29) is 0 Å². The number of rotatable bonds is 11. The fourth-order valence-electron chi connectivity index (χ4n) is 4.47. The molecule has 0 unspecified atom stereocenters. The summed E-state index contributed by atoms with van der Waals surface area (Å²) in [6.07, 6.45) is 2.84. The van der Waals surface area contributed by atoms with Crippen molar-refractivity contribution in [2.75, 3.05) is 0 Å². The monoisotopic (exact) mass is 576 g/mol. The summed E-state index contributed by atoms with van der Waals surface area (Å²) >= 11 is -3.08. The predicted octanol–water partition coefficient (Wildman–Crippen LogP) is 5.64. The maximum atomic E-state index is 14.2. The van der Waals surface area contributed by atoms with Crippen LogP contribution in [0.2, 0.25) is 0 Å². The van der Waals surface area contributed by atoms with Crippen LogP contribution in [0, 0.1) is 6.92 Å². The molecule has 2 atom stereocenters. The van der Waals surface area contributed by atoms with Crippen molar-refractivity contribution in [3.05, 3.63) is 131 Å². The Balaban J connectivity index is 2.00. The normalized spacial score (nSPS) is 14.2. The molecule has 2 nitrogen and oxygen atoms in total. The molecule has 0 radical (unpaired) electrons. The van der Waals surface area contributed by atoms with Crippen LogP contribution < -0.4 is 13.4 Å². The van der Waals surface area contributed by atoms with Gasteiger partial charge in [0.25, 0.3) is 0 Å². The minimum atomic E-state index is -3.08. The molecule has 0 amide bonds. The topological polar surface area (TPSA) is 37.3 Å². The molecule has 0 saturated carbocycles. The summed E-state index contributed by atoms with van der Waals surface area (Å²) in [5, 5.41) is 11.6. The molecular formula is C33H36O2SSe. The SMILES string of the molecule is CCCCC[C@H](O)/C(=C\[Se](c1ccccc1)(c1ccccc1)c1ccccc1)[S@@](=O)c1ccc(C)cc1. The Kier molecular flexibility index (Phi) is 9.71. The molecule has 0 heterocycles. The molecular weight excluding hydrogens is 539 g/mol. The van der Waals surface area contributed by atoms with Gasteiger partial charge in [-0.1, -0.05) is 0 Å². The molecule has 0 aliphatic carbocycles. The average Bonchev–Trinajstić information content (AvgIpc) is 2.95. The molecule has 192 valence electrons. The van der Waals surface area contributed by atoms with E-state index >= 15 is 0 Å². The van der Waals surface area contributed by atoms with Gasteiger partial charge in [-0.05, 0) is 0 Å². The number of aliphatic hydroxyl groups is 1. The Morgan fingerprint density at radius 2 is 1.22 bits per heavy atom. The average molecular weight is 576 g/mol. The van der Waals surface area contributed by atoms with E-state index in [0.717, 1.165) is 29.7 Å². The summed E-state index contributed by atoms with van der Waals surface area (Å²) in [5.41, 5.74) is 1.12. The molecule has 1 N–H and O–H groups in total. The second kappa shape index (κ2) is 13.2. The molecule has 0 saturated heterocycles. The van der Waals surface area contributed by atoms with Gasteiger partial charge in [-0.25, -0.2) is 0 Å². The van der Waals surface area contributed by atoms with Crippen LogP contribution in [-0.4, -0.2) is 28.3 Å². The number of hydrogen-bond donors (Lipinski definition) is 1. The Morgan fingerprint density at radius 1 is 0.757 bits per heavy atom. The van der Waals surface area contributed by atoms with E-state index in [4.69, 9.17) is 0 Å². The van der Waals surface area contributed by atoms with Crippen molar-refractivity contribution in [1.29, 1.82) is 0 Å². The van der Waals surface area contributed by atoms with Crippen LogP contribution in [0.4, 0.5) is 0 Å². The van der Waals surface area contributed by atoms with Crippen LogP contribution >= 0.6 is 0 Å². The van der Waals surface area contributed by atoms with E-state index < -0.39 is 29.7 Å². The van der Waals surface area contributed by atoms with Gasteiger partial charge in [-0.15, -0.1) is 0 Å². The second-order valence-corrected chi connectivity index (χ2v) is 16.9. The van der Waals surface area contributed by atoms with E-state index in [1.165, 1.54) is 13.4 Å². The Hall–Kier alpha value is -2.75. The molecule has 4 rings (SSSR count). The van der Waals surface area contributed by atoms with Crippen molar-refractivity contribution >= 4 is 37.0 Å². The summed E-state index contributed by atoms with van der Waals surface area (Å²) < 4.78 is 17.9. The molecule has 37 heavy (non-hydrogen) atoms. The number of hydrogen-bond acceptors (Lipinski definition) is 2. The van der Waals surface area contributed by atoms with Crippen LogP contribution in [0.1, 0.15) is 38.2 Å². The first-order chi connectivity index (χ1) is 18.1. The summed E-state index contributed by atoms with van der Waals surface area (Å²) in [6.45, 7) is 4.19.